The van der Waals surface area contributed by atoms with Crippen molar-refractivity contribution in [2.45, 2.75) is 68.4 Å². The fraction of sp³-hybridized carbons (Fsp3) is 0.765. The van der Waals surface area contributed by atoms with Crippen molar-refractivity contribution in [3.05, 3.63) is 23.8 Å². The van der Waals surface area contributed by atoms with Gasteiger partial charge >= 0.3 is 0 Å². The Hall–Kier alpha value is -0.390. The summed E-state index contributed by atoms with van der Waals surface area (Å²) in [4.78, 5) is 2.00. The van der Waals surface area contributed by atoms with Crippen molar-refractivity contribution >= 4 is 11.6 Å². The van der Waals surface area contributed by atoms with E-state index in [-0.39, 0.29) is 11.4 Å². The lowest BCUT2D eigenvalue weighted by molar-refractivity contribution is -0.0911. The van der Waals surface area contributed by atoms with Crippen LogP contribution in [0.4, 0.5) is 0 Å². The molecule has 2 heterocycles. The SMILES string of the molecule is CC(/C=C/C1CC1)=C\[C@H]1[C@H](O)[C@@](C)(O)[C@H]2[C@H](O)[C@@H](Cl)CCN12. The molecular formula is C17H26ClNO3. The molecule has 0 aromatic rings. The highest BCUT2D eigenvalue weighted by atomic mass is 35.5. The van der Waals surface area contributed by atoms with E-state index in [1.807, 2.05) is 17.9 Å². The number of hydrogen-bond donors (Lipinski definition) is 3. The van der Waals surface area contributed by atoms with Crippen molar-refractivity contribution in [3.8, 4) is 0 Å². The Morgan fingerprint density at radius 3 is 2.59 bits per heavy atom. The second-order valence-electron chi connectivity index (χ2n) is 7.25. The maximum Gasteiger partial charge on any atom is 0.108 e. The average Bonchev–Trinajstić information content (AvgIpc) is 3.25. The summed E-state index contributed by atoms with van der Waals surface area (Å²) in [5.74, 6) is 0.710. The van der Waals surface area contributed by atoms with Gasteiger partial charge in [-0.1, -0.05) is 23.8 Å². The fourth-order valence-electron chi connectivity index (χ4n) is 3.78. The standard InChI is InChI=1S/C17H26ClNO3/c1-10(3-4-11-5-6-11)9-13-16(21)17(2,22)15-14(20)12(18)7-8-19(13)15/h3-4,9,11-16,20-22H,5-8H2,1-2H3/b4-3+,10-9+/t12-,13-,14+,15+,16-,17-/m0/s1. The number of aliphatic hydroxyl groups is 3. The molecule has 2 aliphatic heterocycles. The summed E-state index contributed by atoms with van der Waals surface area (Å²) in [5, 5.41) is 31.3. The maximum atomic E-state index is 10.7. The van der Waals surface area contributed by atoms with Crippen LogP contribution in [0, 0.1) is 5.92 Å². The normalized spacial score (nSPS) is 47.2. The number of fused-ring (bicyclic) bond motifs is 1. The van der Waals surface area contributed by atoms with Crippen LogP contribution in [0.5, 0.6) is 0 Å². The van der Waals surface area contributed by atoms with Crippen LogP contribution in [0.2, 0.25) is 0 Å². The van der Waals surface area contributed by atoms with Gasteiger partial charge in [0.05, 0.1) is 23.6 Å². The molecule has 5 heteroatoms. The van der Waals surface area contributed by atoms with Crippen LogP contribution >= 0.6 is 11.6 Å². The second kappa shape index (κ2) is 5.91. The monoisotopic (exact) mass is 327 g/mol. The Bertz CT molecular complexity index is 486. The second-order valence-corrected chi connectivity index (χ2v) is 7.81. The van der Waals surface area contributed by atoms with Crippen molar-refractivity contribution < 1.29 is 15.3 Å². The van der Waals surface area contributed by atoms with E-state index >= 15 is 0 Å². The predicted molar refractivity (Wildman–Crippen MR) is 86.8 cm³/mol. The first-order valence-electron chi connectivity index (χ1n) is 8.17. The molecule has 124 valence electrons. The molecule has 22 heavy (non-hydrogen) atoms. The van der Waals surface area contributed by atoms with Gasteiger partial charge in [0.25, 0.3) is 0 Å². The molecular weight excluding hydrogens is 302 g/mol. The van der Waals surface area contributed by atoms with Gasteiger partial charge < -0.3 is 15.3 Å². The first-order chi connectivity index (χ1) is 10.3. The van der Waals surface area contributed by atoms with Crippen LogP contribution in [-0.2, 0) is 0 Å². The summed E-state index contributed by atoms with van der Waals surface area (Å²) in [6, 6.07) is -0.817. The number of aliphatic hydroxyl groups excluding tert-OH is 2. The molecule has 0 radical (unpaired) electrons. The van der Waals surface area contributed by atoms with Gasteiger partial charge in [0.15, 0.2) is 0 Å². The first kappa shape index (κ1) is 16.5. The van der Waals surface area contributed by atoms with Gasteiger partial charge in [-0.2, -0.15) is 0 Å². The molecule has 0 aromatic carbocycles. The van der Waals surface area contributed by atoms with Crippen molar-refractivity contribution in [1.82, 2.24) is 4.90 Å². The minimum Gasteiger partial charge on any atom is -0.390 e. The molecule has 3 N–H and O–H groups in total. The Morgan fingerprint density at radius 2 is 1.95 bits per heavy atom. The van der Waals surface area contributed by atoms with E-state index in [1.165, 1.54) is 12.8 Å². The van der Waals surface area contributed by atoms with E-state index < -0.39 is 23.9 Å². The quantitative estimate of drug-likeness (QED) is 0.542. The molecule has 3 fully saturated rings. The highest BCUT2D eigenvalue weighted by Crippen LogP contribution is 2.41. The lowest BCUT2D eigenvalue weighted by Crippen LogP contribution is -2.59. The zero-order valence-corrected chi connectivity index (χ0v) is 13.9. The number of piperidine rings is 1. The number of rotatable bonds is 3. The van der Waals surface area contributed by atoms with Crippen LogP contribution in [0.3, 0.4) is 0 Å². The number of alkyl halides is 1. The van der Waals surface area contributed by atoms with E-state index in [9.17, 15) is 15.3 Å². The molecule has 3 aliphatic rings. The number of nitrogens with zero attached hydrogens (tertiary/aromatic N) is 1. The fourth-order valence-corrected chi connectivity index (χ4v) is 4.02. The topological polar surface area (TPSA) is 63.9 Å². The molecule has 0 aromatic heterocycles. The summed E-state index contributed by atoms with van der Waals surface area (Å²) in [6.45, 7) is 4.28. The zero-order chi connectivity index (χ0) is 16.1. The Kier molecular flexibility index (Phi) is 4.43. The zero-order valence-electron chi connectivity index (χ0n) is 13.2. The molecule has 0 bridgehead atoms. The van der Waals surface area contributed by atoms with Crippen LogP contribution in [0.25, 0.3) is 0 Å². The third-order valence-electron chi connectivity index (χ3n) is 5.31. The van der Waals surface area contributed by atoms with E-state index in [1.54, 1.807) is 6.92 Å². The largest absolute Gasteiger partial charge is 0.390 e. The van der Waals surface area contributed by atoms with E-state index in [0.717, 1.165) is 5.57 Å². The summed E-state index contributed by atoms with van der Waals surface area (Å²) in [6.07, 6.45) is 7.73. The molecule has 6 atom stereocenters. The minimum absolute atomic E-state index is 0.289. The lowest BCUT2D eigenvalue weighted by atomic mass is 9.86. The molecule has 0 spiro atoms. The molecule has 1 aliphatic carbocycles. The van der Waals surface area contributed by atoms with Crippen LogP contribution in [0.15, 0.2) is 23.8 Å². The third-order valence-corrected chi connectivity index (χ3v) is 5.78. The van der Waals surface area contributed by atoms with Crippen LogP contribution in [-0.4, -0.2) is 62.0 Å². The minimum atomic E-state index is -1.37. The molecule has 0 amide bonds. The van der Waals surface area contributed by atoms with Gasteiger partial charge in [0.2, 0.25) is 0 Å². The molecule has 0 unspecified atom stereocenters. The summed E-state index contributed by atoms with van der Waals surface area (Å²) in [5.41, 5.74) is -0.288. The summed E-state index contributed by atoms with van der Waals surface area (Å²) < 4.78 is 0. The molecule has 3 rings (SSSR count). The third kappa shape index (κ3) is 2.87. The lowest BCUT2D eigenvalue weighted by Gasteiger charge is -2.42. The smallest absolute Gasteiger partial charge is 0.108 e. The van der Waals surface area contributed by atoms with Gasteiger partial charge in [0.1, 0.15) is 11.7 Å². The molecule has 4 nitrogen and oxygen atoms in total. The first-order valence-corrected chi connectivity index (χ1v) is 8.61. The maximum absolute atomic E-state index is 10.7. The summed E-state index contributed by atoms with van der Waals surface area (Å²) >= 11 is 6.16. The Morgan fingerprint density at radius 1 is 1.27 bits per heavy atom. The molecule has 1 saturated carbocycles. The Balaban J connectivity index is 1.83. The number of halogens is 1. The highest BCUT2D eigenvalue weighted by molar-refractivity contribution is 6.21. The van der Waals surface area contributed by atoms with Crippen molar-refractivity contribution in [1.29, 1.82) is 0 Å². The van der Waals surface area contributed by atoms with Gasteiger partial charge in [-0.05, 0) is 39.0 Å². The number of allylic oxidation sites excluding steroid dienone is 3. The van der Waals surface area contributed by atoms with Crippen molar-refractivity contribution in [3.63, 3.8) is 0 Å². The van der Waals surface area contributed by atoms with Crippen LogP contribution < -0.4 is 0 Å². The van der Waals surface area contributed by atoms with E-state index in [0.29, 0.717) is 18.9 Å². The van der Waals surface area contributed by atoms with Crippen LogP contribution in [0.1, 0.15) is 33.1 Å². The van der Waals surface area contributed by atoms with Crippen molar-refractivity contribution in [2.24, 2.45) is 5.92 Å². The highest BCUT2D eigenvalue weighted by Gasteiger charge is 2.59. The summed E-state index contributed by atoms with van der Waals surface area (Å²) in [7, 11) is 0. The van der Waals surface area contributed by atoms with Gasteiger partial charge in [-0.15, -0.1) is 11.6 Å². The van der Waals surface area contributed by atoms with Gasteiger partial charge in [0, 0.05) is 6.54 Å². The Labute approximate surface area is 137 Å². The average molecular weight is 328 g/mol. The predicted octanol–water partition coefficient (Wildman–Crippen LogP) is 1.44. The van der Waals surface area contributed by atoms with E-state index in [4.69, 9.17) is 11.6 Å². The molecule has 2 saturated heterocycles. The van der Waals surface area contributed by atoms with E-state index in [2.05, 4.69) is 12.2 Å². The van der Waals surface area contributed by atoms with Gasteiger partial charge in [-0.3, -0.25) is 4.90 Å². The van der Waals surface area contributed by atoms with Gasteiger partial charge in [-0.25, -0.2) is 0 Å². The van der Waals surface area contributed by atoms with Crippen molar-refractivity contribution in [2.75, 3.05) is 6.54 Å². The number of hydrogen-bond acceptors (Lipinski definition) is 4.